The number of aromatic nitrogens is 2. The number of benzene rings is 2. The molecule has 1 heterocycles. The molecule has 0 atom stereocenters. The lowest BCUT2D eigenvalue weighted by Gasteiger charge is -2.11. The second kappa shape index (κ2) is 7.30. The summed E-state index contributed by atoms with van der Waals surface area (Å²) in [6.45, 7) is 1.73. The van der Waals surface area contributed by atoms with E-state index in [9.17, 15) is 13.2 Å². The Balaban J connectivity index is 1.84. The van der Waals surface area contributed by atoms with E-state index in [2.05, 4.69) is 20.6 Å². The van der Waals surface area contributed by atoms with Crippen LogP contribution >= 0.6 is 0 Å². The molecule has 5 nitrogen and oxygen atoms in total. The van der Waals surface area contributed by atoms with Crippen molar-refractivity contribution in [2.24, 2.45) is 0 Å². The lowest BCUT2D eigenvalue weighted by molar-refractivity contribution is 0.415. The molecule has 2 aromatic carbocycles. The highest BCUT2D eigenvalue weighted by Gasteiger charge is 2.14. The highest BCUT2D eigenvalue weighted by molar-refractivity contribution is 5.61. The molecule has 0 saturated carbocycles. The number of aryl methyl sites for hydroxylation is 1. The van der Waals surface area contributed by atoms with Crippen molar-refractivity contribution >= 4 is 23.1 Å². The van der Waals surface area contributed by atoms with Gasteiger partial charge in [0.25, 0.3) is 0 Å². The van der Waals surface area contributed by atoms with Gasteiger partial charge in [-0.05, 0) is 43.3 Å². The molecule has 0 aliphatic heterocycles. The number of nitrogens with zero attached hydrogens (tertiary/aromatic N) is 2. The monoisotopic (exact) mass is 360 g/mol. The van der Waals surface area contributed by atoms with Crippen molar-refractivity contribution < 1.29 is 17.9 Å². The van der Waals surface area contributed by atoms with E-state index in [-0.39, 0.29) is 17.5 Å². The first-order valence-electron chi connectivity index (χ1n) is 7.63. The third-order valence-corrected chi connectivity index (χ3v) is 3.50. The topological polar surface area (TPSA) is 59.1 Å². The summed E-state index contributed by atoms with van der Waals surface area (Å²) in [6, 6.07) is 10.6. The Labute approximate surface area is 147 Å². The molecule has 2 N–H and O–H groups in total. The number of anilines is 4. The highest BCUT2D eigenvalue weighted by atomic mass is 19.2. The van der Waals surface area contributed by atoms with Crippen molar-refractivity contribution in [1.82, 2.24) is 9.97 Å². The molecule has 1 aromatic heterocycles. The van der Waals surface area contributed by atoms with Crippen LogP contribution in [0.2, 0.25) is 0 Å². The summed E-state index contributed by atoms with van der Waals surface area (Å²) in [6.07, 6.45) is 0. The van der Waals surface area contributed by atoms with Crippen molar-refractivity contribution in [3.05, 3.63) is 65.6 Å². The maximum Gasteiger partial charge on any atom is 0.229 e. The molecule has 0 unspecified atom stereocenters. The molecule has 134 valence electrons. The minimum absolute atomic E-state index is 0.225. The van der Waals surface area contributed by atoms with Crippen LogP contribution in [0, 0.1) is 24.4 Å². The average molecular weight is 360 g/mol. The standard InChI is InChI=1S/C18H15F3N4O/c1-10-9-15(24-14-8-7-13(19)16(20)17(14)21)25-18(22-10)23-11-3-5-12(26-2)6-4-11/h3-9H,1-2H3,(H2,22,23,24,25). The number of rotatable bonds is 5. The zero-order valence-electron chi connectivity index (χ0n) is 14.0. The first-order chi connectivity index (χ1) is 12.5. The van der Waals surface area contributed by atoms with Gasteiger partial charge in [-0.1, -0.05) is 0 Å². The minimum Gasteiger partial charge on any atom is -0.497 e. The van der Waals surface area contributed by atoms with Crippen LogP contribution in [-0.4, -0.2) is 17.1 Å². The largest absolute Gasteiger partial charge is 0.497 e. The number of halogens is 3. The van der Waals surface area contributed by atoms with Gasteiger partial charge in [0.05, 0.1) is 12.8 Å². The van der Waals surface area contributed by atoms with E-state index in [1.807, 2.05) is 0 Å². The van der Waals surface area contributed by atoms with E-state index in [0.29, 0.717) is 11.4 Å². The van der Waals surface area contributed by atoms with E-state index in [1.165, 1.54) is 0 Å². The normalized spacial score (nSPS) is 10.5. The number of hydrogen-bond donors (Lipinski definition) is 2. The summed E-state index contributed by atoms with van der Waals surface area (Å²) < 4.78 is 45.3. The molecule has 0 bridgehead atoms. The summed E-state index contributed by atoms with van der Waals surface area (Å²) in [7, 11) is 1.57. The Bertz CT molecular complexity index is 932. The molecule has 8 heteroatoms. The van der Waals surface area contributed by atoms with Gasteiger partial charge in [0.15, 0.2) is 17.5 Å². The first-order valence-corrected chi connectivity index (χ1v) is 7.63. The van der Waals surface area contributed by atoms with Crippen LogP contribution in [0.25, 0.3) is 0 Å². The van der Waals surface area contributed by atoms with Gasteiger partial charge in [-0.2, -0.15) is 4.98 Å². The van der Waals surface area contributed by atoms with E-state index in [4.69, 9.17) is 4.74 Å². The van der Waals surface area contributed by atoms with Crippen LogP contribution in [0.1, 0.15) is 5.69 Å². The molecule has 0 aliphatic carbocycles. The van der Waals surface area contributed by atoms with Crippen molar-refractivity contribution in [3.8, 4) is 5.75 Å². The fraction of sp³-hybridized carbons (Fsp3) is 0.111. The van der Waals surface area contributed by atoms with Crippen LogP contribution in [-0.2, 0) is 0 Å². The molecule has 3 aromatic rings. The minimum atomic E-state index is -1.54. The van der Waals surface area contributed by atoms with Crippen LogP contribution in [0.5, 0.6) is 5.75 Å². The molecule has 0 fully saturated rings. The summed E-state index contributed by atoms with van der Waals surface area (Å²) in [5.41, 5.74) is 1.10. The number of ether oxygens (including phenoxy) is 1. The summed E-state index contributed by atoms with van der Waals surface area (Å²) >= 11 is 0. The van der Waals surface area contributed by atoms with Gasteiger partial charge in [0.1, 0.15) is 11.6 Å². The summed E-state index contributed by atoms with van der Waals surface area (Å²) in [5, 5.41) is 5.64. The fourth-order valence-electron chi connectivity index (χ4n) is 2.25. The predicted molar refractivity (Wildman–Crippen MR) is 92.6 cm³/mol. The van der Waals surface area contributed by atoms with E-state index < -0.39 is 17.5 Å². The third-order valence-electron chi connectivity index (χ3n) is 3.50. The maximum absolute atomic E-state index is 13.8. The Kier molecular flexibility index (Phi) is 4.92. The summed E-state index contributed by atoms with van der Waals surface area (Å²) in [4.78, 5) is 8.46. The Morgan fingerprint density at radius 3 is 2.31 bits per heavy atom. The molecule has 0 aliphatic rings. The predicted octanol–water partition coefficient (Wildman–Crippen LogP) is 4.70. The molecule has 0 spiro atoms. The smallest absolute Gasteiger partial charge is 0.229 e. The molecule has 0 saturated heterocycles. The van der Waals surface area contributed by atoms with Crippen LogP contribution < -0.4 is 15.4 Å². The van der Waals surface area contributed by atoms with Crippen molar-refractivity contribution in [2.45, 2.75) is 6.92 Å². The molecular weight excluding hydrogens is 345 g/mol. The quantitative estimate of drug-likeness (QED) is 0.646. The number of hydrogen-bond acceptors (Lipinski definition) is 5. The lowest BCUT2D eigenvalue weighted by atomic mass is 10.2. The number of methoxy groups -OCH3 is 1. The molecule has 26 heavy (non-hydrogen) atoms. The third kappa shape index (κ3) is 3.85. The van der Waals surface area contributed by atoms with Gasteiger partial charge in [-0.15, -0.1) is 0 Å². The van der Waals surface area contributed by atoms with Gasteiger partial charge in [-0.3, -0.25) is 0 Å². The Morgan fingerprint density at radius 2 is 1.62 bits per heavy atom. The Morgan fingerprint density at radius 1 is 0.885 bits per heavy atom. The van der Waals surface area contributed by atoms with Crippen LogP contribution in [0.3, 0.4) is 0 Å². The maximum atomic E-state index is 13.8. The highest BCUT2D eigenvalue weighted by Crippen LogP contribution is 2.24. The molecule has 3 rings (SSSR count). The summed E-state index contributed by atoms with van der Waals surface area (Å²) in [5.74, 6) is -2.91. The van der Waals surface area contributed by atoms with Gasteiger partial charge >= 0.3 is 0 Å². The zero-order valence-corrected chi connectivity index (χ0v) is 14.0. The van der Waals surface area contributed by atoms with Gasteiger partial charge in [0.2, 0.25) is 5.95 Å². The van der Waals surface area contributed by atoms with Crippen LogP contribution in [0.4, 0.5) is 36.3 Å². The zero-order chi connectivity index (χ0) is 18.7. The van der Waals surface area contributed by atoms with Crippen molar-refractivity contribution in [3.63, 3.8) is 0 Å². The van der Waals surface area contributed by atoms with E-state index in [1.54, 1.807) is 44.4 Å². The van der Waals surface area contributed by atoms with Crippen molar-refractivity contribution in [1.29, 1.82) is 0 Å². The molecule has 0 amide bonds. The van der Waals surface area contributed by atoms with E-state index >= 15 is 0 Å². The fourth-order valence-corrected chi connectivity index (χ4v) is 2.25. The van der Waals surface area contributed by atoms with Crippen molar-refractivity contribution in [2.75, 3.05) is 17.7 Å². The van der Waals surface area contributed by atoms with Gasteiger partial charge < -0.3 is 15.4 Å². The SMILES string of the molecule is COc1ccc(Nc2nc(C)cc(Nc3ccc(F)c(F)c3F)n2)cc1. The lowest BCUT2D eigenvalue weighted by Crippen LogP contribution is -2.04. The Hall–Kier alpha value is -3.29. The number of nitrogens with one attached hydrogen (secondary N) is 2. The van der Waals surface area contributed by atoms with E-state index in [0.717, 1.165) is 17.8 Å². The molecular formula is C18H15F3N4O. The average Bonchev–Trinajstić information content (AvgIpc) is 2.62. The first kappa shape index (κ1) is 17.5. The van der Waals surface area contributed by atoms with Crippen LogP contribution in [0.15, 0.2) is 42.5 Å². The van der Waals surface area contributed by atoms with Gasteiger partial charge in [-0.25, -0.2) is 18.2 Å². The molecule has 0 radical (unpaired) electrons. The second-order valence-corrected chi connectivity index (χ2v) is 5.42. The van der Waals surface area contributed by atoms with Gasteiger partial charge in [0, 0.05) is 17.4 Å². The second-order valence-electron chi connectivity index (χ2n) is 5.42.